The van der Waals surface area contributed by atoms with Gasteiger partial charge in [0.1, 0.15) is 0 Å². The summed E-state index contributed by atoms with van der Waals surface area (Å²) in [7, 11) is 1.53. The van der Waals surface area contributed by atoms with Gasteiger partial charge in [0.25, 0.3) is 0 Å². The third-order valence-electron chi connectivity index (χ3n) is 2.12. The van der Waals surface area contributed by atoms with E-state index in [0.29, 0.717) is 16.2 Å². The molecule has 0 saturated heterocycles. The Bertz CT molecular complexity index is 531. The summed E-state index contributed by atoms with van der Waals surface area (Å²) in [5.41, 5.74) is 0.742. The molecule has 0 fully saturated rings. The molecule has 0 aliphatic rings. The Morgan fingerprint density at radius 2 is 2.18 bits per heavy atom. The summed E-state index contributed by atoms with van der Waals surface area (Å²) in [6.07, 6.45) is 0. The number of H-pyrrole nitrogens is 1. The van der Waals surface area contributed by atoms with Crippen molar-refractivity contribution in [3.8, 4) is 0 Å². The first-order valence-corrected chi connectivity index (χ1v) is 5.77. The molecule has 0 saturated carbocycles. The van der Waals surface area contributed by atoms with E-state index < -0.39 is 11.6 Å². The Morgan fingerprint density at radius 3 is 2.88 bits per heavy atom. The number of halogens is 2. The van der Waals surface area contributed by atoms with Crippen LogP contribution in [0.4, 0.5) is 8.78 Å². The van der Waals surface area contributed by atoms with Crippen molar-refractivity contribution in [1.29, 1.82) is 0 Å². The Balaban J connectivity index is 2.23. The van der Waals surface area contributed by atoms with Crippen molar-refractivity contribution in [2.75, 3.05) is 12.8 Å². The maximum absolute atomic E-state index is 12.9. The summed E-state index contributed by atoms with van der Waals surface area (Å²) in [4.78, 5) is 17.9. The highest BCUT2D eigenvalue weighted by Gasteiger charge is 2.09. The molecule has 1 aromatic carbocycles. The average molecular weight is 257 g/mol. The number of carbonyl (C=O) groups is 1. The summed E-state index contributed by atoms with van der Waals surface area (Å²) < 4.78 is 25.9. The van der Waals surface area contributed by atoms with E-state index in [1.165, 1.54) is 18.8 Å². The molecule has 17 heavy (non-hydrogen) atoms. The number of hydrogen-bond donors (Lipinski definition) is 2. The predicted octanol–water partition coefficient (Wildman–Crippen LogP) is 1.68. The number of aromatic amines is 1. The minimum atomic E-state index is -0.938. The quantitative estimate of drug-likeness (QED) is 0.822. The van der Waals surface area contributed by atoms with E-state index in [0.717, 1.165) is 12.1 Å². The van der Waals surface area contributed by atoms with Crippen LogP contribution in [0.15, 0.2) is 17.3 Å². The molecule has 0 atom stereocenters. The molecule has 1 amide bonds. The first-order valence-electron chi connectivity index (χ1n) is 4.78. The van der Waals surface area contributed by atoms with Crippen LogP contribution in [0.2, 0.25) is 0 Å². The molecule has 2 rings (SSSR count). The van der Waals surface area contributed by atoms with E-state index in [1.54, 1.807) is 0 Å². The normalized spacial score (nSPS) is 10.8. The number of rotatable bonds is 3. The van der Waals surface area contributed by atoms with E-state index in [4.69, 9.17) is 0 Å². The number of amides is 1. The van der Waals surface area contributed by atoms with Crippen LogP contribution in [0.25, 0.3) is 11.0 Å². The van der Waals surface area contributed by atoms with Gasteiger partial charge in [0.05, 0.1) is 16.8 Å². The van der Waals surface area contributed by atoms with Gasteiger partial charge >= 0.3 is 0 Å². The number of imidazole rings is 1. The zero-order valence-electron chi connectivity index (χ0n) is 8.88. The lowest BCUT2D eigenvalue weighted by Crippen LogP contribution is -2.19. The van der Waals surface area contributed by atoms with Gasteiger partial charge in [0.2, 0.25) is 5.91 Å². The lowest BCUT2D eigenvalue weighted by molar-refractivity contribution is -0.118. The van der Waals surface area contributed by atoms with Crippen molar-refractivity contribution in [1.82, 2.24) is 15.3 Å². The molecule has 7 heteroatoms. The molecular formula is C10H9F2N3OS. The predicted molar refractivity (Wildman–Crippen MR) is 60.8 cm³/mol. The SMILES string of the molecule is CNC(=O)CSc1nc2cc(F)c(F)cc2[nH]1. The van der Waals surface area contributed by atoms with Gasteiger partial charge in [0.15, 0.2) is 16.8 Å². The highest BCUT2D eigenvalue weighted by molar-refractivity contribution is 7.99. The molecular weight excluding hydrogens is 248 g/mol. The fourth-order valence-electron chi connectivity index (χ4n) is 1.26. The maximum Gasteiger partial charge on any atom is 0.230 e. The summed E-state index contributed by atoms with van der Waals surface area (Å²) >= 11 is 1.17. The molecule has 0 bridgehead atoms. The summed E-state index contributed by atoms with van der Waals surface area (Å²) in [6.45, 7) is 0. The first-order chi connectivity index (χ1) is 8.10. The fourth-order valence-corrected chi connectivity index (χ4v) is 2.01. The smallest absolute Gasteiger partial charge is 0.230 e. The number of nitrogens with one attached hydrogen (secondary N) is 2. The number of aromatic nitrogens is 2. The molecule has 0 aliphatic carbocycles. The van der Waals surface area contributed by atoms with Crippen LogP contribution in [0.3, 0.4) is 0 Å². The Kier molecular flexibility index (Phi) is 3.28. The summed E-state index contributed by atoms with van der Waals surface area (Å²) in [6, 6.07) is 2.06. The third-order valence-corrected chi connectivity index (χ3v) is 2.99. The van der Waals surface area contributed by atoms with Crippen molar-refractivity contribution in [3.05, 3.63) is 23.8 Å². The zero-order chi connectivity index (χ0) is 12.4. The molecule has 0 spiro atoms. The number of fused-ring (bicyclic) bond motifs is 1. The highest BCUT2D eigenvalue weighted by Crippen LogP contribution is 2.21. The van der Waals surface area contributed by atoms with Gasteiger partial charge in [-0.25, -0.2) is 13.8 Å². The van der Waals surface area contributed by atoms with E-state index >= 15 is 0 Å². The van der Waals surface area contributed by atoms with Gasteiger partial charge in [-0.15, -0.1) is 0 Å². The van der Waals surface area contributed by atoms with Gasteiger partial charge in [-0.1, -0.05) is 11.8 Å². The molecule has 1 aromatic heterocycles. The molecule has 0 radical (unpaired) electrons. The summed E-state index contributed by atoms with van der Waals surface area (Å²) in [5.74, 6) is -1.81. The van der Waals surface area contributed by atoms with E-state index in [1.807, 2.05) is 0 Å². The molecule has 1 heterocycles. The first kappa shape index (κ1) is 11.8. The van der Waals surface area contributed by atoms with Crippen LogP contribution >= 0.6 is 11.8 Å². The van der Waals surface area contributed by atoms with Crippen molar-refractivity contribution in [2.24, 2.45) is 0 Å². The van der Waals surface area contributed by atoms with Gasteiger partial charge in [-0.3, -0.25) is 4.79 Å². The molecule has 2 aromatic rings. The molecule has 0 aliphatic heterocycles. The number of hydrogen-bond acceptors (Lipinski definition) is 3. The largest absolute Gasteiger partial charge is 0.358 e. The minimum Gasteiger partial charge on any atom is -0.358 e. The standard InChI is InChI=1S/C10H9F2N3OS/c1-13-9(16)4-17-10-14-7-2-5(11)6(12)3-8(7)15-10/h2-3H,4H2,1H3,(H,13,16)(H,14,15). The van der Waals surface area contributed by atoms with E-state index in [-0.39, 0.29) is 11.7 Å². The van der Waals surface area contributed by atoms with E-state index in [9.17, 15) is 13.6 Å². The van der Waals surface area contributed by atoms with Gasteiger partial charge in [-0.2, -0.15) is 0 Å². The van der Waals surface area contributed by atoms with Gasteiger partial charge in [0, 0.05) is 19.2 Å². The van der Waals surface area contributed by atoms with Crippen LogP contribution in [0, 0.1) is 11.6 Å². The topological polar surface area (TPSA) is 57.8 Å². The third kappa shape index (κ3) is 2.55. The van der Waals surface area contributed by atoms with Gasteiger partial charge in [-0.05, 0) is 0 Å². The highest BCUT2D eigenvalue weighted by atomic mass is 32.2. The van der Waals surface area contributed by atoms with Gasteiger partial charge < -0.3 is 10.3 Å². The van der Waals surface area contributed by atoms with E-state index in [2.05, 4.69) is 15.3 Å². The Labute approximate surface area is 99.8 Å². The second-order valence-corrected chi connectivity index (χ2v) is 4.25. The Hall–Kier alpha value is -1.63. The van der Waals surface area contributed by atoms with Crippen molar-refractivity contribution >= 4 is 28.7 Å². The van der Waals surface area contributed by atoms with Crippen LogP contribution in [-0.4, -0.2) is 28.7 Å². The maximum atomic E-state index is 12.9. The number of nitrogens with zero attached hydrogens (tertiary/aromatic N) is 1. The monoisotopic (exact) mass is 257 g/mol. The molecule has 2 N–H and O–H groups in total. The number of benzene rings is 1. The van der Waals surface area contributed by atoms with Crippen LogP contribution in [0.5, 0.6) is 0 Å². The minimum absolute atomic E-state index is 0.146. The lowest BCUT2D eigenvalue weighted by Gasteiger charge is -1.95. The molecule has 90 valence electrons. The van der Waals surface area contributed by atoms with Crippen LogP contribution < -0.4 is 5.32 Å². The van der Waals surface area contributed by atoms with Crippen molar-refractivity contribution in [3.63, 3.8) is 0 Å². The lowest BCUT2D eigenvalue weighted by atomic mass is 10.3. The van der Waals surface area contributed by atoms with Crippen LogP contribution in [0.1, 0.15) is 0 Å². The zero-order valence-corrected chi connectivity index (χ0v) is 9.70. The average Bonchev–Trinajstić information content (AvgIpc) is 2.68. The fraction of sp³-hybridized carbons (Fsp3) is 0.200. The second kappa shape index (κ2) is 4.70. The van der Waals surface area contributed by atoms with Crippen molar-refractivity contribution < 1.29 is 13.6 Å². The summed E-state index contributed by atoms with van der Waals surface area (Å²) in [5, 5.41) is 2.92. The molecule has 0 unspecified atom stereocenters. The second-order valence-electron chi connectivity index (χ2n) is 3.29. The Morgan fingerprint density at radius 1 is 1.47 bits per heavy atom. The van der Waals surface area contributed by atoms with Crippen molar-refractivity contribution in [2.45, 2.75) is 5.16 Å². The molecule has 4 nitrogen and oxygen atoms in total. The van der Waals surface area contributed by atoms with Crippen LogP contribution in [-0.2, 0) is 4.79 Å². The number of carbonyl (C=O) groups excluding carboxylic acids is 1. The number of thioether (sulfide) groups is 1.